The summed E-state index contributed by atoms with van der Waals surface area (Å²) in [4.78, 5) is 15.9. The van der Waals surface area contributed by atoms with Crippen LogP contribution in [-0.2, 0) is 0 Å². The van der Waals surface area contributed by atoms with E-state index < -0.39 is 0 Å². The van der Waals surface area contributed by atoms with E-state index in [0.717, 1.165) is 10.4 Å². The van der Waals surface area contributed by atoms with Crippen molar-refractivity contribution >= 4 is 28.8 Å². The summed E-state index contributed by atoms with van der Waals surface area (Å²) in [6.07, 6.45) is 0. The lowest BCUT2D eigenvalue weighted by molar-refractivity contribution is 0.0997. The van der Waals surface area contributed by atoms with Gasteiger partial charge in [0.2, 0.25) is 0 Å². The van der Waals surface area contributed by atoms with Crippen LogP contribution in [-0.4, -0.2) is 24.0 Å². The Labute approximate surface area is 127 Å². The molecule has 2 aromatic rings. The molecule has 21 heavy (non-hydrogen) atoms. The van der Waals surface area contributed by atoms with Crippen LogP contribution in [0.5, 0.6) is 0 Å². The van der Waals surface area contributed by atoms with Gasteiger partial charge in [0.1, 0.15) is 0 Å². The first-order chi connectivity index (χ1) is 9.93. The van der Waals surface area contributed by atoms with E-state index in [1.165, 1.54) is 11.3 Å². The fourth-order valence-electron chi connectivity index (χ4n) is 1.89. The molecule has 0 atom stereocenters. The summed E-state index contributed by atoms with van der Waals surface area (Å²) in [5.74, 6) is -0.0617. The van der Waals surface area contributed by atoms with Gasteiger partial charge in [0, 0.05) is 23.2 Å². The first-order valence-corrected chi connectivity index (χ1v) is 7.18. The molecule has 0 saturated heterocycles. The predicted octanol–water partition coefficient (Wildman–Crippen LogP) is 2.74. The lowest BCUT2D eigenvalue weighted by Gasteiger charge is -2.17. The van der Waals surface area contributed by atoms with Gasteiger partial charge in [-0.05, 0) is 37.6 Å². The second-order valence-electron chi connectivity index (χ2n) is 4.75. The van der Waals surface area contributed by atoms with Gasteiger partial charge in [0.25, 0.3) is 5.91 Å². The minimum atomic E-state index is -0.0761. The van der Waals surface area contributed by atoms with Crippen LogP contribution in [0, 0.1) is 13.8 Å². The lowest BCUT2D eigenvalue weighted by atomic mass is 10.1. The first-order valence-electron chi connectivity index (χ1n) is 6.37. The summed E-state index contributed by atoms with van der Waals surface area (Å²) in [6, 6.07) is 8.89. The molecule has 1 aromatic heterocycles. The summed E-state index contributed by atoms with van der Waals surface area (Å²) in [5, 5.41) is 11.7. The van der Waals surface area contributed by atoms with Gasteiger partial charge in [0.05, 0.1) is 4.88 Å². The van der Waals surface area contributed by atoms with Crippen molar-refractivity contribution in [1.82, 2.24) is 0 Å². The van der Waals surface area contributed by atoms with Gasteiger partial charge in [0.15, 0.2) is 5.84 Å². The molecule has 0 spiro atoms. The molecule has 1 heterocycles. The second-order valence-corrected chi connectivity index (χ2v) is 6.01. The van der Waals surface area contributed by atoms with Crippen molar-refractivity contribution in [3.05, 3.63) is 51.2 Å². The fourth-order valence-corrected chi connectivity index (χ4v) is 2.90. The molecular formula is C15H17N3O2S. The summed E-state index contributed by atoms with van der Waals surface area (Å²) in [5.41, 5.74) is 7.94. The highest BCUT2D eigenvalue weighted by atomic mass is 32.1. The third kappa shape index (κ3) is 3.05. The van der Waals surface area contributed by atoms with Gasteiger partial charge in [-0.3, -0.25) is 4.79 Å². The highest BCUT2D eigenvalue weighted by molar-refractivity contribution is 7.14. The molecular weight excluding hydrogens is 286 g/mol. The Balaban J connectivity index is 2.31. The van der Waals surface area contributed by atoms with Gasteiger partial charge >= 0.3 is 0 Å². The maximum atomic E-state index is 12.5. The maximum Gasteiger partial charge on any atom is 0.268 e. The summed E-state index contributed by atoms with van der Waals surface area (Å²) in [7, 11) is 1.71. The molecule has 0 radical (unpaired) electrons. The van der Waals surface area contributed by atoms with Crippen LogP contribution in [0.1, 0.15) is 25.7 Å². The lowest BCUT2D eigenvalue weighted by Crippen LogP contribution is -2.26. The Morgan fingerprint density at radius 2 is 2.05 bits per heavy atom. The number of carbonyl (C=O) groups excluding carboxylic acids is 1. The highest BCUT2D eigenvalue weighted by Crippen LogP contribution is 2.24. The van der Waals surface area contributed by atoms with Crippen molar-refractivity contribution in [3.8, 4) is 0 Å². The molecule has 5 nitrogen and oxygen atoms in total. The number of benzene rings is 1. The predicted molar refractivity (Wildman–Crippen MR) is 85.5 cm³/mol. The van der Waals surface area contributed by atoms with Crippen LogP contribution < -0.4 is 10.6 Å². The number of amidine groups is 1. The number of anilines is 1. The van der Waals surface area contributed by atoms with E-state index in [1.54, 1.807) is 36.2 Å². The zero-order valence-electron chi connectivity index (χ0n) is 12.1. The largest absolute Gasteiger partial charge is 0.409 e. The molecule has 2 rings (SSSR count). The van der Waals surface area contributed by atoms with E-state index in [-0.39, 0.29) is 11.7 Å². The zero-order chi connectivity index (χ0) is 15.6. The molecule has 0 bridgehead atoms. The minimum absolute atomic E-state index is 0.0144. The van der Waals surface area contributed by atoms with Gasteiger partial charge in [-0.15, -0.1) is 11.3 Å². The normalized spacial score (nSPS) is 11.5. The van der Waals surface area contributed by atoms with Gasteiger partial charge in [-0.2, -0.15) is 0 Å². The molecule has 0 aliphatic rings. The first kappa shape index (κ1) is 15.1. The van der Waals surface area contributed by atoms with Crippen LogP contribution in [0.15, 0.2) is 35.5 Å². The van der Waals surface area contributed by atoms with Crippen LogP contribution in [0.25, 0.3) is 0 Å². The zero-order valence-corrected chi connectivity index (χ0v) is 12.9. The van der Waals surface area contributed by atoms with Crippen LogP contribution >= 0.6 is 11.3 Å². The van der Waals surface area contributed by atoms with Gasteiger partial charge in [-0.1, -0.05) is 17.3 Å². The Hall–Kier alpha value is -2.34. The van der Waals surface area contributed by atoms with Crippen molar-refractivity contribution in [3.63, 3.8) is 0 Å². The van der Waals surface area contributed by atoms with E-state index in [9.17, 15) is 4.79 Å². The molecule has 0 unspecified atom stereocenters. The van der Waals surface area contributed by atoms with Crippen molar-refractivity contribution in [2.75, 3.05) is 11.9 Å². The number of oxime groups is 1. The number of thiophene rings is 1. The van der Waals surface area contributed by atoms with Crippen molar-refractivity contribution in [2.45, 2.75) is 13.8 Å². The Bertz CT molecular complexity index is 687. The number of carbonyl (C=O) groups is 1. The van der Waals surface area contributed by atoms with Crippen LogP contribution in [0.2, 0.25) is 0 Å². The standard InChI is InChI=1S/C15H17N3O2S/c1-9-7-13(21-10(9)2)15(19)18(3)12-6-4-5-11(8-12)14(16)17-20/h4-8,20H,1-3H3,(H2,16,17). The Morgan fingerprint density at radius 3 is 2.62 bits per heavy atom. The Kier molecular flexibility index (Phi) is 4.28. The highest BCUT2D eigenvalue weighted by Gasteiger charge is 2.17. The smallest absolute Gasteiger partial charge is 0.268 e. The maximum absolute atomic E-state index is 12.5. The van der Waals surface area contributed by atoms with E-state index in [2.05, 4.69) is 5.16 Å². The topological polar surface area (TPSA) is 78.9 Å². The summed E-state index contributed by atoms with van der Waals surface area (Å²) in [6.45, 7) is 3.98. The number of amides is 1. The van der Waals surface area contributed by atoms with Crippen molar-refractivity contribution in [2.24, 2.45) is 10.9 Å². The van der Waals surface area contributed by atoms with E-state index in [0.29, 0.717) is 16.1 Å². The van der Waals surface area contributed by atoms with Crippen molar-refractivity contribution in [1.29, 1.82) is 0 Å². The Morgan fingerprint density at radius 1 is 1.33 bits per heavy atom. The molecule has 1 amide bonds. The van der Waals surface area contributed by atoms with Gasteiger partial charge in [-0.25, -0.2) is 0 Å². The molecule has 6 heteroatoms. The average Bonchev–Trinajstić information content (AvgIpc) is 2.84. The van der Waals surface area contributed by atoms with Crippen molar-refractivity contribution < 1.29 is 10.0 Å². The summed E-state index contributed by atoms with van der Waals surface area (Å²) >= 11 is 1.48. The SMILES string of the molecule is Cc1cc(C(=O)N(C)c2cccc(C(N)=NO)c2)sc1C. The monoisotopic (exact) mass is 303 g/mol. The van der Waals surface area contributed by atoms with Crippen LogP contribution in [0.3, 0.4) is 0 Å². The summed E-state index contributed by atoms with van der Waals surface area (Å²) < 4.78 is 0. The number of nitrogens with zero attached hydrogens (tertiary/aromatic N) is 2. The third-order valence-corrected chi connectivity index (χ3v) is 4.46. The third-order valence-electron chi connectivity index (χ3n) is 3.32. The molecule has 0 saturated carbocycles. The molecule has 0 aliphatic carbocycles. The van der Waals surface area contributed by atoms with E-state index in [1.807, 2.05) is 19.9 Å². The molecule has 0 fully saturated rings. The molecule has 1 aromatic carbocycles. The molecule has 110 valence electrons. The number of rotatable bonds is 3. The molecule has 0 aliphatic heterocycles. The average molecular weight is 303 g/mol. The molecule has 3 N–H and O–H groups in total. The van der Waals surface area contributed by atoms with E-state index >= 15 is 0 Å². The fraction of sp³-hybridized carbons (Fsp3) is 0.200. The number of aryl methyl sites for hydroxylation is 2. The number of hydrogen-bond acceptors (Lipinski definition) is 4. The van der Waals surface area contributed by atoms with E-state index in [4.69, 9.17) is 10.9 Å². The quantitative estimate of drug-likeness (QED) is 0.396. The second kappa shape index (κ2) is 5.97. The van der Waals surface area contributed by atoms with Crippen LogP contribution in [0.4, 0.5) is 5.69 Å². The minimum Gasteiger partial charge on any atom is -0.409 e. The van der Waals surface area contributed by atoms with Gasteiger partial charge < -0.3 is 15.8 Å². The number of hydrogen-bond donors (Lipinski definition) is 2. The number of nitrogens with two attached hydrogens (primary N) is 1.